The van der Waals surface area contributed by atoms with Crippen LogP contribution in [0.3, 0.4) is 0 Å². The summed E-state index contributed by atoms with van der Waals surface area (Å²) in [6.45, 7) is 0. The highest BCUT2D eigenvalue weighted by Gasteiger charge is 2.06. The molecule has 2 heteroatoms. The first kappa shape index (κ1) is 11.6. The largest absolute Gasteiger partial charge is 0.261 e. The Morgan fingerprint density at radius 2 is 1.47 bits per heavy atom. The van der Waals surface area contributed by atoms with Crippen LogP contribution >= 0.6 is 0 Å². The molecule has 0 aliphatic carbocycles. The maximum Gasteiger partial charge on any atom is 0.0737 e. The minimum Gasteiger partial charge on any atom is -0.261 e. The van der Waals surface area contributed by atoms with Gasteiger partial charge in [-0.2, -0.15) is 0 Å². The van der Waals surface area contributed by atoms with Crippen LogP contribution in [0.1, 0.15) is 11.3 Å². The Morgan fingerprint density at radius 3 is 2.26 bits per heavy atom. The van der Waals surface area contributed by atoms with Gasteiger partial charge in [-0.15, -0.1) is 0 Å². The van der Waals surface area contributed by atoms with E-state index in [0.29, 0.717) is 0 Å². The maximum absolute atomic E-state index is 4.52. The van der Waals surface area contributed by atoms with Gasteiger partial charge in [0.05, 0.1) is 5.69 Å². The molecule has 2 aromatic heterocycles. The van der Waals surface area contributed by atoms with Crippen molar-refractivity contribution in [2.24, 2.45) is 0 Å². The van der Waals surface area contributed by atoms with E-state index in [0.717, 1.165) is 23.4 Å². The van der Waals surface area contributed by atoms with E-state index in [1.165, 1.54) is 5.56 Å². The molecule has 0 aliphatic rings. The zero-order chi connectivity index (χ0) is 12.9. The van der Waals surface area contributed by atoms with Crippen molar-refractivity contribution in [3.63, 3.8) is 0 Å². The minimum absolute atomic E-state index is 0.804. The van der Waals surface area contributed by atoms with Gasteiger partial charge in [0.25, 0.3) is 0 Å². The van der Waals surface area contributed by atoms with Crippen LogP contribution in [0.15, 0.2) is 73.1 Å². The van der Waals surface area contributed by atoms with Crippen molar-refractivity contribution >= 4 is 0 Å². The lowest BCUT2D eigenvalue weighted by molar-refractivity contribution is 1.06. The van der Waals surface area contributed by atoms with E-state index in [2.05, 4.69) is 28.2 Å². The van der Waals surface area contributed by atoms with Gasteiger partial charge >= 0.3 is 0 Å². The number of pyridine rings is 2. The Bertz CT molecular complexity index is 648. The smallest absolute Gasteiger partial charge is 0.0737 e. The molecule has 0 radical (unpaired) electrons. The van der Waals surface area contributed by atoms with Gasteiger partial charge in [0, 0.05) is 30.1 Å². The van der Waals surface area contributed by atoms with Gasteiger partial charge in [0.15, 0.2) is 0 Å². The van der Waals surface area contributed by atoms with E-state index in [-0.39, 0.29) is 0 Å². The number of aromatic nitrogens is 2. The number of hydrogen-bond donors (Lipinski definition) is 0. The quantitative estimate of drug-likeness (QED) is 0.703. The molecule has 0 atom stereocenters. The summed E-state index contributed by atoms with van der Waals surface area (Å²) in [7, 11) is 0. The number of nitrogens with zero attached hydrogens (tertiary/aromatic N) is 2. The highest BCUT2D eigenvalue weighted by molar-refractivity contribution is 5.63. The van der Waals surface area contributed by atoms with Crippen LogP contribution < -0.4 is 0 Å². The minimum atomic E-state index is 0.804. The zero-order valence-corrected chi connectivity index (χ0v) is 10.5. The van der Waals surface area contributed by atoms with Crippen molar-refractivity contribution in [3.8, 4) is 11.3 Å². The lowest BCUT2D eigenvalue weighted by Crippen LogP contribution is -1.96. The predicted molar refractivity (Wildman–Crippen MR) is 76.7 cm³/mol. The maximum atomic E-state index is 4.52. The molecule has 19 heavy (non-hydrogen) atoms. The Hall–Kier alpha value is -2.48. The molecule has 0 saturated heterocycles. The van der Waals surface area contributed by atoms with Crippen molar-refractivity contribution in [3.05, 3.63) is 84.3 Å². The molecule has 0 fully saturated rings. The van der Waals surface area contributed by atoms with Gasteiger partial charge in [-0.3, -0.25) is 9.97 Å². The first-order valence-corrected chi connectivity index (χ1v) is 6.33. The fraction of sp³-hybridized carbons (Fsp3) is 0.0588. The SMILES string of the molecule is c1ccc(-c2ncccc2Cc2ccccn2)cc1. The molecular weight excluding hydrogens is 232 g/mol. The molecule has 3 aromatic rings. The van der Waals surface area contributed by atoms with Crippen molar-refractivity contribution in [1.29, 1.82) is 0 Å². The van der Waals surface area contributed by atoms with Crippen LogP contribution in [0.5, 0.6) is 0 Å². The van der Waals surface area contributed by atoms with E-state index < -0.39 is 0 Å². The summed E-state index contributed by atoms with van der Waals surface area (Å²) in [6, 6.07) is 20.4. The van der Waals surface area contributed by atoms with Gasteiger partial charge in [-0.1, -0.05) is 42.5 Å². The number of rotatable bonds is 3. The molecule has 0 spiro atoms. The standard InChI is InChI=1S/C17H14N2/c1-2-7-14(8-3-1)17-15(9-6-12-19-17)13-16-10-4-5-11-18-16/h1-12H,13H2. The van der Waals surface area contributed by atoms with Gasteiger partial charge in [0.2, 0.25) is 0 Å². The number of hydrogen-bond acceptors (Lipinski definition) is 2. The first-order valence-electron chi connectivity index (χ1n) is 6.33. The summed E-state index contributed by atoms with van der Waals surface area (Å²) >= 11 is 0. The summed E-state index contributed by atoms with van der Waals surface area (Å²) < 4.78 is 0. The summed E-state index contributed by atoms with van der Waals surface area (Å²) in [5, 5.41) is 0. The van der Waals surface area contributed by atoms with Crippen LogP contribution in [0.4, 0.5) is 0 Å². The Balaban J connectivity index is 1.99. The normalized spacial score (nSPS) is 10.3. The topological polar surface area (TPSA) is 25.8 Å². The van der Waals surface area contributed by atoms with Crippen molar-refractivity contribution in [2.45, 2.75) is 6.42 Å². The third-order valence-corrected chi connectivity index (χ3v) is 3.04. The molecule has 1 aromatic carbocycles. The van der Waals surface area contributed by atoms with Crippen molar-refractivity contribution < 1.29 is 0 Å². The fourth-order valence-corrected chi connectivity index (χ4v) is 2.14. The molecule has 0 saturated carbocycles. The third kappa shape index (κ3) is 2.68. The van der Waals surface area contributed by atoms with Gasteiger partial charge in [-0.05, 0) is 23.8 Å². The van der Waals surface area contributed by atoms with Gasteiger partial charge in [0.1, 0.15) is 0 Å². The average molecular weight is 246 g/mol. The average Bonchev–Trinajstić information content (AvgIpc) is 2.50. The van der Waals surface area contributed by atoms with E-state index in [4.69, 9.17) is 0 Å². The summed E-state index contributed by atoms with van der Waals surface area (Å²) in [6.07, 6.45) is 4.47. The fourth-order valence-electron chi connectivity index (χ4n) is 2.14. The van der Waals surface area contributed by atoms with Crippen LogP contribution in [-0.4, -0.2) is 9.97 Å². The third-order valence-electron chi connectivity index (χ3n) is 3.04. The summed E-state index contributed by atoms with van der Waals surface area (Å²) in [5.74, 6) is 0. The van der Waals surface area contributed by atoms with E-state index in [9.17, 15) is 0 Å². The van der Waals surface area contributed by atoms with Crippen LogP contribution in [0, 0.1) is 0 Å². The Labute approximate surface area is 112 Å². The highest BCUT2D eigenvalue weighted by Crippen LogP contribution is 2.22. The zero-order valence-electron chi connectivity index (χ0n) is 10.5. The highest BCUT2D eigenvalue weighted by atomic mass is 14.7. The second-order valence-electron chi connectivity index (χ2n) is 4.38. The van der Waals surface area contributed by atoms with Crippen molar-refractivity contribution in [2.75, 3.05) is 0 Å². The molecule has 92 valence electrons. The molecule has 3 rings (SSSR count). The van der Waals surface area contributed by atoms with E-state index in [1.54, 1.807) is 0 Å². The van der Waals surface area contributed by atoms with Crippen LogP contribution in [0.25, 0.3) is 11.3 Å². The second-order valence-corrected chi connectivity index (χ2v) is 4.38. The first-order chi connectivity index (χ1) is 9.43. The van der Waals surface area contributed by atoms with E-state index in [1.807, 2.05) is 54.9 Å². The molecule has 0 amide bonds. The lowest BCUT2D eigenvalue weighted by atomic mass is 10.0. The molecular formula is C17H14N2. The molecule has 2 nitrogen and oxygen atoms in total. The van der Waals surface area contributed by atoms with Gasteiger partial charge < -0.3 is 0 Å². The molecule has 0 aliphatic heterocycles. The predicted octanol–water partition coefficient (Wildman–Crippen LogP) is 3.73. The van der Waals surface area contributed by atoms with E-state index >= 15 is 0 Å². The molecule has 0 bridgehead atoms. The molecule has 2 heterocycles. The Morgan fingerprint density at radius 1 is 0.684 bits per heavy atom. The molecule has 0 N–H and O–H groups in total. The van der Waals surface area contributed by atoms with Crippen molar-refractivity contribution in [1.82, 2.24) is 9.97 Å². The lowest BCUT2D eigenvalue weighted by Gasteiger charge is -2.08. The van der Waals surface area contributed by atoms with Crippen LogP contribution in [-0.2, 0) is 6.42 Å². The summed E-state index contributed by atoms with van der Waals surface area (Å²) in [4.78, 5) is 8.90. The summed E-state index contributed by atoms with van der Waals surface area (Å²) in [5.41, 5.74) is 4.45. The van der Waals surface area contributed by atoms with Gasteiger partial charge in [-0.25, -0.2) is 0 Å². The second kappa shape index (κ2) is 5.44. The van der Waals surface area contributed by atoms with Crippen LogP contribution in [0.2, 0.25) is 0 Å². The monoisotopic (exact) mass is 246 g/mol. The number of benzene rings is 1. The molecule has 0 unspecified atom stereocenters. The Kier molecular flexibility index (Phi) is 3.32.